The van der Waals surface area contributed by atoms with Gasteiger partial charge in [-0.2, -0.15) is 4.98 Å². The summed E-state index contributed by atoms with van der Waals surface area (Å²) >= 11 is 0. The lowest BCUT2D eigenvalue weighted by Gasteiger charge is -2.35. The Hall–Kier alpha value is -4.40. The van der Waals surface area contributed by atoms with Gasteiger partial charge in [-0.1, -0.05) is 35.5 Å². The molecule has 0 aliphatic carbocycles. The number of hydrogen-bond donors (Lipinski definition) is 1. The maximum Gasteiger partial charge on any atom is 0.322 e. The zero-order valence-electron chi connectivity index (χ0n) is 18.5. The molecule has 0 bridgehead atoms. The smallest absolute Gasteiger partial charge is 0.322 e. The molecular weight excluding hydrogens is 457 g/mol. The van der Waals surface area contributed by atoms with Gasteiger partial charge in [0.1, 0.15) is 17.5 Å². The lowest BCUT2D eigenvalue weighted by Crippen LogP contribution is -2.45. The van der Waals surface area contributed by atoms with E-state index in [0.717, 1.165) is 0 Å². The van der Waals surface area contributed by atoms with Crippen molar-refractivity contribution in [3.63, 3.8) is 0 Å². The highest BCUT2D eigenvalue weighted by Gasteiger charge is 2.36. The van der Waals surface area contributed by atoms with E-state index in [1.807, 2.05) is 0 Å². The first-order chi connectivity index (χ1) is 16.9. The Morgan fingerprint density at radius 3 is 2.29 bits per heavy atom. The Morgan fingerprint density at radius 1 is 0.943 bits per heavy atom. The number of carbonyl (C=O) groups excluding carboxylic acids is 1. The Balaban J connectivity index is 1.60. The summed E-state index contributed by atoms with van der Waals surface area (Å²) in [6.07, 6.45) is 0. The highest BCUT2D eigenvalue weighted by Crippen LogP contribution is 2.38. The van der Waals surface area contributed by atoms with Gasteiger partial charge >= 0.3 is 6.03 Å². The molecule has 5 rings (SSSR count). The lowest BCUT2D eigenvalue weighted by atomic mass is 9.94. The molecule has 3 aromatic carbocycles. The number of carbonyl (C=O) groups is 1. The predicted molar refractivity (Wildman–Crippen MR) is 122 cm³/mol. The van der Waals surface area contributed by atoms with Crippen LogP contribution in [-0.4, -0.2) is 21.1 Å². The van der Waals surface area contributed by atoms with Crippen LogP contribution < -0.4 is 5.32 Å². The minimum atomic E-state index is -0.721. The number of nitrogens with one attached hydrogen (secondary N) is 1. The number of amides is 2. The van der Waals surface area contributed by atoms with Crippen LogP contribution in [-0.2, 0) is 6.54 Å². The van der Waals surface area contributed by atoms with Crippen LogP contribution in [0, 0.1) is 17.5 Å². The third-order valence-corrected chi connectivity index (χ3v) is 5.84. The summed E-state index contributed by atoms with van der Waals surface area (Å²) in [4.78, 5) is 19.0. The molecule has 176 valence electrons. The standard InChI is InChI=1S/C26H19F3N4O2/c1-15-22(25-31-24(32-35-25)17-8-12-20(28)13-9-17)23(16-6-10-19(27)11-7-16)30-26(34)33(15)14-18-4-2-3-5-21(18)29/h2-13,23H,14H2,1H3,(H,30,34). The van der Waals surface area contributed by atoms with E-state index >= 15 is 0 Å². The first-order valence-corrected chi connectivity index (χ1v) is 10.8. The van der Waals surface area contributed by atoms with Crippen LogP contribution in [0.4, 0.5) is 18.0 Å². The van der Waals surface area contributed by atoms with Crippen molar-refractivity contribution in [3.05, 3.63) is 113 Å². The van der Waals surface area contributed by atoms with Crippen molar-refractivity contribution in [2.75, 3.05) is 0 Å². The predicted octanol–water partition coefficient (Wildman–Crippen LogP) is 5.85. The van der Waals surface area contributed by atoms with Crippen LogP contribution in [0.3, 0.4) is 0 Å². The first-order valence-electron chi connectivity index (χ1n) is 10.8. The molecule has 1 unspecified atom stereocenters. The summed E-state index contributed by atoms with van der Waals surface area (Å²) in [7, 11) is 0. The molecular formula is C26H19F3N4O2. The van der Waals surface area contributed by atoms with Gasteiger partial charge < -0.3 is 9.84 Å². The van der Waals surface area contributed by atoms with Crippen LogP contribution >= 0.6 is 0 Å². The van der Waals surface area contributed by atoms with E-state index in [9.17, 15) is 18.0 Å². The number of benzene rings is 3. The van der Waals surface area contributed by atoms with E-state index in [1.165, 1.54) is 47.4 Å². The Kier molecular flexibility index (Phi) is 5.82. The molecule has 1 aromatic heterocycles. The van der Waals surface area contributed by atoms with Gasteiger partial charge in [-0.05, 0) is 55.0 Å². The fourth-order valence-electron chi connectivity index (χ4n) is 4.00. The molecule has 1 atom stereocenters. The Morgan fingerprint density at radius 2 is 1.60 bits per heavy atom. The summed E-state index contributed by atoms with van der Waals surface area (Å²) in [5.74, 6) is -0.904. The van der Waals surface area contributed by atoms with Gasteiger partial charge in [-0.3, -0.25) is 4.90 Å². The zero-order valence-corrected chi connectivity index (χ0v) is 18.5. The summed E-state index contributed by atoms with van der Waals surface area (Å²) in [5.41, 5.74) is 2.43. The van der Waals surface area contributed by atoms with Crippen LogP contribution in [0.2, 0.25) is 0 Å². The highest BCUT2D eigenvalue weighted by atomic mass is 19.1. The molecule has 0 saturated heterocycles. The number of urea groups is 1. The molecule has 2 heterocycles. The summed E-state index contributed by atoms with van der Waals surface area (Å²) in [6, 6.07) is 16.3. The van der Waals surface area contributed by atoms with E-state index < -0.39 is 29.5 Å². The van der Waals surface area contributed by atoms with Gasteiger partial charge in [0.25, 0.3) is 5.89 Å². The molecule has 9 heteroatoms. The zero-order chi connectivity index (χ0) is 24.5. The first kappa shape index (κ1) is 22.4. The fraction of sp³-hybridized carbons (Fsp3) is 0.115. The molecule has 4 aromatic rings. The van der Waals surface area contributed by atoms with E-state index in [1.54, 1.807) is 37.3 Å². The number of nitrogens with zero attached hydrogens (tertiary/aromatic N) is 3. The minimum absolute atomic E-state index is 0.0249. The van der Waals surface area contributed by atoms with Crippen molar-refractivity contribution in [2.24, 2.45) is 0 Å². The van der Waals surface area contributed by atoms with Crippen molar-refractivity contribution in [2.45, 2.75) is 19.5 Å². The highest BCUT2D eigenvalue weighted by molar-refractivity contribution is 5.86. The van der Waals surface area contributed by atoms with Gasteiger partial charge in [0, 0.05) is 16.8 Å². The second kappa shape index (κ2) is 9.09. The van der Waals surface area contributed by atoms with Crippen molar-refractivity contribution in [1.82, 2.24) is 20.4 Å². The van der Waals surface area contributed by atoms with Crippen LogP contribution in [0.15, 0.2) is 83.0 Å². The quantitative estimate of drug-likeness (QED) is 0.392. The second-order valence-electron chi connectivity index (χ2n) is 8.04. The van der Waals surface area contributed by atoms with Crippen LogP contribution in [0.25, 0.3) is 17.0 Å². The number of allylic oxidation sites excluding steroid dienone is 1. The van der Waals surface area contributed by atoms with Crippen molar-refractivity contribution in [3.8, 4) is 11.4 Å². The van der Waals surface area contributed by atoms with E-state index in [4.69, 9.17) is 4.52 Å². The largest absolute Gasteiger partial charge is 0.334 e. The van der Waals surface area contributed by atoms with E-state index in [2.05, 4.69) is 15.5 Å². The molecule has 0 fully saturated rings. The van der Waals surface area contributed by atoms with Gasteiger partial charge in [0.05, 0.1) is 18.2 Å². The second-order valence-corrected chi connectivity index (χ2v) is 8.04. The van der Waals surface area contributed by atoms with E-state index in [-0.39, 0.29) is 18.3 Å². The molecule has 35 heavy (non-hydrogen) atoms. The maximum absolute atomic E-state index is 14.3. The summed E-state index contributed by atoms with van der Waals surface area (Å²) in [6.45, 7) is 1.68. The molecule has 1 N–H and O–H groups in total. The average molecular weight is 476 g/mol. The third kappa shape index (κ3) is 4.40. The molecule has 0 radical (unpaired) electrons. The van der Waals surface area contributed by atoms with Crippen LogP contribution in [0.1, 0.15) is 30.0 Å². The Bertz CT molecular complexity index is 1420. The molecule has 2 amide bonds. The molecule has 1 aliphatic heterocycles. The van der Waals surface area contributed by atoms with Gasteiger partial charge in [-0.15, -0.1) is 0 Å². The lowest BCUT2D eigenvalue weighted by molar-refractivity contribution is 0.202. The fourth-order valence-corrected chi connectivity index (χ4v) is 4.00. The average Bonchev–Trinajstić information content (AvgIpc) is 3.33. The number of aromatic nitrogens is 2. The molecule has 0 spiro atoms. The Labute approximate surface area is 198 Å². The number of rotatable bonds is 5. The van der Waals surface area contributed by atoms with Gasteiger partial charge in [0.2, 0.25) is 5.82 Å². The molecule has 6 nitrogen and oxygen atoms in total. The third-order valence-electron chi connectivity index (χ3n) is 5.84. The molecule has 0 saturated carbocycles. The maximum atomic E-state index is 14.3. The summed E-state index contributed by atoms with van der Waals surface area (Å²) in [5, 5.41) is 6.90. The van der Waals surface area contributed by atoms with Gasteiger partial charge in [0.15, 0.2) is 0 Å². The van der Waals surface area contributed by atoms with Gasteiger partial charge in [-0.25, -0.2) is 18.0 Å². The minimum Gasteiger partial charge on any atom is -0.334 e. The van der Waals surface area contributed by atoms with Crippen LogP contribution in [0.5, 0.6) is 0 Å². The number of hydrogen-bond acceptors (Lipinski definition) is 4. The monoisotopic (exact) mass is 476 g/mol. The SMILES string of the molecule is CC1=C(c2nc(-c3ccc(F)cc3)no2)C(c2ccc(F)cc2)NC(=O)N1Cc1ccccc1F. The normalized spacial score (nSPS) is 15.9. The summed E-state index contributed by atoms with van der Waals surface area (Å²) < 4.78 is 46.8. The van der Waals surface area contributed by atoms with Crippen molar-refractivity contribution < 1.29 is 22.5 Å². The topological polar surface area (TPSA) is 71.3 Å². The van der Waals surface area contributed by atoms with Crippen molar-refractivity contribution >= 4 is 11.6 Å². The van der Waals surface area contributed by atoms with Crippen molar-refractivity contribution in [1.29, 1.82) is 0 Å². The van der Waals surface area contributed by atoms with E-state index in [0.29, 0.717) is 28.0 Å². The number of halogens is 3. The molecule has 1 aliphatic rings.